The standard InChI is InChI=1S/C15H17F3N4O2S/c1-9(2)22-8-19-21-14(22)25-10(3)13(23)20-11-4-6-12(7-5-11)24-15(16,17)18/h4-10H,1-3H3,(H,20,23)/t10-/m1/s1. The van der Waals surface area contributed by atoms with Crippen molar-refractivity contribution in [2.24, 2.45) is 0 Å². The van der Waals surface area contributed by atoms with Crippen molar-refractivity contribution in [3.63, 3.8) is 0 Å². The lowest BCUT2D eigenvalue weighted by Crippen LogP contribution is -2.23. The first-order valence-electron chi connectivity index (χ1n) is 7.38. The molecule has 0 bridgehead atoms. The van der Waals surface area contributed by atoms with Gasteiger partial charge in [-0.25, -0.2) is 0 Å². The number of carbonyl (C=O) groups is 1. The fourth-order valence-electron chi connectivity index (χ4n) is 1.87. The number of alkyl halides is 3. The number of carbonyl (C=O) groups excluding carboxylic acids is 1. The first-order chi connectivity index (χ1) is 11.7. The van der Waals surface area contributed by atoms with Crippen LogP contribution in [0.15, 0.2) is 35.7 Å². The predicted octanol–water partition coefficient (Wildman–Crippen LogP) is 3.88. The van der Waals surface area contributed by atoms with E-state index in [4.69, 9.17) is 0 Å². The number of nitrogens with one attached hydrogen (secondary N) is 1. The van der Waals surface area contributed by atoms with Gasteiger partial charge in [0.2, 0.25) is 5.91 Å². The summed E-state index contributed by atoms with van der Waals surface area (Å²) in [5.41, 5.74) is 0.373. The monoisotopic (exact) mass is 374 g/mol. The zero-order valence-corrected chi connectivity index (χ0v) is 14.6. The summed E-state index contributed by atoms with van der Waals surface area (Å²) in [6, 6.07) is 5.11. The Kier molecular flexibility index (Phi) is 5.93. The molecule has 1 amide bonds. The van der Waals surface area contributed by atoms with Crippen LogP contribution in [0.5, 0.6) is 5.75 Å². The van der Waals surface area contributed by atoms with Gasteiger partial charge in [-0.3, -0.25) is 4.79 Å². The van der Waals surface area contributed by atoms with Crippen LogP contribution in [0.1, 0.15) is 26.8 Å². The number of hydrogen-bond donors (Lipinski definition) is 1. The number of ether oxygens (including phenoxy) is 1. The van der Waals surface area contributed by atoms with Crippen molar-refractivity contribution in [1.29, 1.82) is 0 Å². The Labute approximate surface area is 146 Å². The van der Waals surface area contributed by atoms with Crippen molar-refractivity contribution in [2.75, 3.05) is 5.32 Å². The topological polar surface area (TPSA) is 69.0 Å². The second kappa shape index (κ2) is 7.77. The van der Waals surface area contributed by atoms with Crippen molar-refractivity contribution >= 4 is 23.4 Å². The molecule has 1 heterocycles. The molecular weight excluding hydrogens is 357 g/mol. The van der Waals surface area contributed by atoms with E-state index in [-0.39, 0.29) is 17.7 Å². The zero-order valence-electron chi connectivity index (χ0n) is 13.7. The van der Waals surface area contributed by atoms with Crippen molar-refractivity contribution in [2.45, 2.75) is 43.6 Å². The summed E-state index contributed by atoms with van der Waals surface area (Å²) < 4.78 is 42.0. The molecule has 0 fully saturated rings. The molecular formula is C15H17F3N4O2S. The third-order valence-electron chi connectivity index (χ3n) is 3.10. The van der Waals surface area contributed by atoms with E-state index < -0.39 is 11.6 Å². The highest BCUT2D eigenvalue weighted by molar-refractivity contribution is 8.00. The molecule has 0 saturated carbocycles. The highest BCUT2D eigenvalue weighted by atomic mass is 32.2. The third-order valence-corrected chi connectivity index (χ3v) is 4.17. The molecule has 1 N–H and O–H groups in total. The normalized spacial score (nSPS) is 12.9. The maximum absolute atomic E-state index is 12.2. The molecule has 0 spiro atoms. The number of thioether (sulfide) groups is 1. The number of amides is 1. The molecule has 1 atom stereocenters. The molecule has 2 aromatic rings. The minimum absolute atomic E-state index is 0.161. The fourth-order valence-corrected chi connectivity index (χ4v) is 2.82. The second-order valence-electron chi connectivity index (χ2n) is 5.44. The van der Waals surface area contributed by atoms with Gasteiger partial charge in [0.15, 0.2) is 5.16 Å². The molecule has 0 aliphatic rings. The minimum atomic E-state index is -4.75. The third kappa shape index (κ3) is 5.66. The second-order valence-corrected chi connectivity index (χ2v) is 6.74. The lowest BCUT2D eigenvalue weighted by atomic mass is 10.3. The van der Waals surface area contributed by atoms with Crippen LogP contribution >= 0.6 is 11.8 Å². The number of rotatable bonds is 6. The number of benzene rings is 1. The Morgan fingerprint density at radius 1 is 1.24 bits per heavy atom. The van der Waals surface area contributed by atoms with E-state index in [9.17, 15) is 18.0 Å². The predicted molar refractivity (Wildman–Crippen MR) is 87.5 cm³/mol. The molecule has 1 aromatic carbocycles. The number of hydrogen-bond acceptors (Lipinski definition) is 5. The first kappa shape index (κ1) is 19.1. The van der Waals surface area contributed by atoms with Gasteiger partial charge in [-0.15, -0.1) is 23.4 Å². The van der Waals surface area contributed by atoms with Crippen LogP contribution in [0.25, 0.3) is 0 Å². The van der Waals surface area contributed by atoms with E-state index >= 15 is 0 Å². The maximum Gasteiger partial charge on any atom is 0.573 e. The molecule has 6 nitrogen and oxygen atoms in total. The highest BCUT2D eigenvalue weighted by Gasteiger charge is 2.31. The summed E-state index contributed by atoms with van der Waals surface area (Å²) in [5.74, 6) is -0.647. The Hall–Kier alpha value is -2.23. The summed E-state index contributed by atoms with van der Waals surface area (Å²) >= 11 is 1.25. The first-order valence-corrected chi connectivity index (χ1v) is 8.26. The minimum Gasteiger partial charge on any atom is -0.406 e. The van der Waals surface area contributed by atoms with E-state index in [0.29, 0.717) is 10.8 Å². The fraction of sp³-hybridized carbons (Fsp3) is 0.400. The molecule has 0 aliphatic carbocycles. The van der Waals surface area contributed by atoms with Crippen molar-refractivity contribution in [3.8, 4) is 5.75 Å². The van der Waals surface area contributed by atoms with Gasteiger partial charge in [0.25, 0.3) is 0 Å². The van der Waals surface area contributed by atoms with Crippen LogP contribution in [-0.4, -0.2) is 32.3 Å². The van der Waals surface area contributed by atoms with Gasteiger partial charge < -0.3 is 14.6 Å². The van der Waals surface area contributed by atoms with E-state index in [2.05, 4.69) is 20.3 Å². The molecule has 0 saturated heterocycles. The van der Waals surface area contributed by atoms with Gasteiger partial charge in [0.05, 0.1) is 5.25 Å². The molecule has 1 aromatic heterocycles. The lowest BCUT2D eigenvalue weighted by molar-refractivity contribution is -0.274. The van der Waals surface area contributed by atoms with Gasteiger partial charge in [0.1, 0.15) is 12.1 Å². The Bertz CT molecular complexity index is 716. The van der Waals surface area contributed by atoms with Crippen molar-refractivity contribution in [1.82, 2.24) is 14.8 Å². The van der Waals surface area contributed by atoms with Crippen LogP contribution in [0.2, 0.25) is 0 Å². The summed E-state index contributed by atoms with van der Waals surface area (Å²) in [7, 11) is 0. The quantitative estimate of drug-likeness (QED) is 0.777. The van der Waals surface area contributed by atoms with Gasteiger partial charge in [-0.05, 0) is 45.0 Å². The van der Waals surface area contributed by atoms with Gasteiger partial charge in [-0.2, -0.15) is 0 Å². The summed E-state index contributed by atoms with van der Waals surface area (Å²) in [5, 5.41) is 10.6. The summed E-state index contributed by atoms with van der Waals surface area (Å²) in [4.78, 5) is 12.2. The Morgan fingerprint density at radius 3 is 2.44 bits per heavy atom. The van der Waals surface area contributed by atoms with E-state index in [1.165, 1.54) is 23.9 Å². The van der Waals surface area contributed by atoms with Crippen LogP contribution < -0.4 is 10.1 Å². The smallest absolute Gasteiger partial charge is 0.406 e. The average molecular weight is 374 g/mol. The Balaban J connectivity index is 1.95. The van der Waals surface area contributed by atoms with E-state index in [1.807, 2.05) is 18.4 Å². The number of halogens is 3. The summed E-state index contributed by atoms with van der Waals surface area (Å²) in [6.07, 6.45) is -3.15. The van der Waals surface area contributed by atoms with Crippen LogP contribution in [0.4, 0.5) is 18.9 Å². The maximum atomic E-state index is 12.2. The zero-order chi connectivity index (χ0) is 18.6. The van der Waals surface area contributed by atoms with Crippen LogP contribution in [0, 0.1) is 0 Å². The highest BCUT2D eigenvalue weighted by Crippen LogP contribution is 2.26. The number of nitrogens with zero attached hydrogens (tertiary/aromatic N) is 3. The molecule has 2 rings (SSSR count). The molecule has 0 unspecified atom stereocenters. The van der Waals surface area contributed by atoms with Crippen LogP contribution in [0.3, 0.4) is 0 Å². The molecule has 25 heavy (non-hydrogen) atoms. The molecule has 136 valence electrons. The van der Waals surface area contributed by atoms with E-state index in [1.54, 1.807) is 13.3 Å². The number of aromatic nitrogens is 3. The number of anilines is 1. The van der Waals surface area contributed by atoms with Gasteiger partial charge in [0, 0.05) is 11.7 Å². The molecule has 0 radical (unpaired) electrons. The van der Waals surface area contributed by atoms with Crippen molar-refractivity contribution in [3.05, 3.63) is 30.6 Å². The lowest BCUT2D eigenvalue weighted by Gasteiger charge is -2.14. The molecule has 10 heteroatoms. The van der Waals surface area contributed by atoms with Crippen LogP contribution in [-0.2, 0) is 4.79 Å². The van der Waals surface area contributed by atoms with E-state index in [0.717, 1.165) is 12.1 Å². The average Bonchev–Trinajstić information content (AvgIpc) is 2.96. The van der Waals surface area contributed by atoms with Crippen molar-refractivity contribution < 1.29 is 22.7 Å². The SMILES string of the molecule is CC(C)n1cnnc1S[C@H](C)C(=O)Nc1ccc(OC(F)(F)F)cc1. The van der Waals surface area contributed by atoms with Gasteiger partial charge >= 0.3 is 6.36 Å². The Morgan fingerprint density at radius 2 is 1.88 bits per heavy atom. The van der Waals surface area contributed by atoms with Gasteiger partial charge in [-0.1, -0.05) is 11.8 Å². The molecule has 0 aliphatic heterocycles. The summed E-state index contributed by atoms with van der Waals surface area (Å²) in [6.45, 7) is 5.66. The largest absolute Gasteiger partial charge is 0.573 e.